The molecule has 122 valence electrons. The Hall–Kier alpha value is -2.38. The van der Waals surface area contributed by atoms with Gasteiger partial charge in [0.15, 0.2) is 4.34 Å². The van der Waals surface area contributed by atoms with Crippen molar-refractivity contribution in [3.63, 3.8) is 0 Å². The average molecular weight is 358 g/mol. The highest BCUT2D eigenvalue weighted by atomic mass is 32.2. The van der Waals surface area contributed by atoms with Gasteiger partial charge in [-0.15, -0.1) is 11.3 Å². The van der Waals surface area contributed by atoms with E-state index in [-0.39, 0.29) is 17.2 Å². The summed E-state index contributed by atoms with van der Waals surface area (Å²) in [5.41, 5.74) is 1.91. The Labute approximate surface area is 146 Å². The molecule has 0 bridgehead atoms. The second kappa shape index (κ2) is 7.46. The molecule has 2 N–H and O–H groups in total. The fraction of sp³-hybridized carbons (Fsp3) is 0.118. The zero-order chi connectivity index (χ0) is 16.9. The lowest BCUT2D eigenvalue weighted by Gasteiger charge is -2.05. The monoisotopic (exact) mass is 358 g/mol. The molecule has 5 nitrogen and oxygen atoms in total. The third kappa shape index (κ3) is 4.12. The van der Waals surface area contributed by atoms with E-state index in [4.69, 9.17) is 5.11 Å². The molecule has 7 heteroatoms. The molecule has 0 unspecified atom stereocenters. The van der Waals surface area contributed by atoms with Crippen LogP contribution in [-0.2, 0) is 11.3 Å². The summed E-state index contributed by atoms with van der Waals surface area (Å²) < 4.78 is 1.96. The fourth-order valence-electron chi connectivity index (χ4n) is 2.11. The summed E-state index contributed by atoms with van der Waals surface area (Å²) in [5, 5.41) is 11.8. The van der Waals surface area contributed by atoms with E-state index < -0.39 is 5.97 Å². The van der Waals surface area contributed by atoms with Gasteiger partial charge in [-0.25, -0.2) is 9.78 Å². The van der Waals surface area contributed by atoms with Crippen LogP contribution in [0.5, 0.6) is 0 Å². The van der Waals surface area contributed by atoms with Gasteiger partial charge in [0.1, 0.15) is 0 Å². The average Bonchev–Trinajstić information content (AvgIpc) is 3.01. The molecule has 1 amide bonds. The molecule has 3 aromatic rings. The molecule has 0 spiro atoms. The minimum absolute atomic E-state index is 0.111. The van der Waals surface area contributed by atoms with Crippen molar-refractivity contribution in [3.8, 4) is 0 Å². The molecule has 0 fully saturated rings. The normalized spacial score (nSPS) is 10.7. The maximum Gasteiger partial charge on any atom is 0.335 e. The predicted octanol–water partition coefficient (Wildman–Crippen LogP) is 3.40. The molecule has 0 aliphatic heterocycles. The Bertz CT molecular complexity index is 859. The number of benzene rings is 2. The number of thioether (sulfide) groups is 1. The molecule has 0 saturated heterocycles. The summed E-state index contributed by atoms with van der Waals surface area (Å²) in [4.78, 5) is 27.4. The Morgan fingerprint density at radius 1 is 1.17 bits per heavy atom. The van der Waals surface area contributed by atoms with E-state index in [2.05, 4.69) is 10.3 Å². The van der Waals surface area contributed by atoms with Crippen LogP contribution in [0.4, 0.5) is 0 Å². The number of carboxylic acids is 1. The first-order chi connectivity index (χ1) is 11.6. The van der Waals surface area contributed by atoms with Crippen molar-refractivity contribution in [2.45, 2.75) is 10.9 Å². The van der Waals surface area contributed by atoms with E-state index in [0.29, 0.717) is 6.54 Å². The number of aromatic carboxylic acids is 1. The number of amides is 1. The van der Waals surface area contributed by atoms with Gasteiger partial charge in [-0.2, -0.15) is 0 Å². The van der Waals surface area contributed by atoms with Crippen molar-refractivity contribution in [1.82, 2.24) is 10.3 Å². The smallest absolute Gasteiger partial charge is 0.335 e. The lowest BCUT2D eigenvalue weighted by atomic mass is 10.1. The molecule has 24 heavy (non-hydrogen) atoms. The highest BCUT2D eigenvalue weighted by Crippen LogP contribution is 2.28. The van der Waals surface area contributed by atoms with Crippen molar-refractivity contribution in [2.24, 2.45) is 0 Å². The molecule has 0 aliphatic carbocycles. The van der Waals surface area contributed by atoms with E-state index in [1.807, 2.05) is 24.3 Å². The van der Waals surface area contributed by atoms with Crippen LogP contribution in [0.25, 0.3) is 10.2 Å². The highest BCUT2D eigenvalue weighted by molar-refractivity contribution is 8.01. The lowest BCUT2D eigenvalue weighted by molar-refractivity contribution is -0.118. The third-order valence-corrected chi connectivity index (χ3v) is 5.44. The minimum atomic E-state index is -0.977. The maximum absolute atomic E-state index is 12.0. The first kappa shape index (κ1) is 16.5. The number of fused-ring (bicyclic) bond motifs is 1. The maximum atomic E-state index is 12.0. The highest BCUT2D eigenvalue weighted by Gasteiger charge is 2.08. The summed E-state index contributed by atoms with van der Waals surface area (Å²) in [6, 6.07) is 14.4. The van der Waals surface area contributed by atoms with Crippen LogP contribution in [0.15, 0.2) is 52.9 Å². The zero-order valence-electron chi connectivity index (χ0n) is 12.6. The van der Waals surface area contributed by atoms with Crippen LogP contribution in [-0.4, -0.2) is 27.7 Å². The van der Waals surface area contributed by atoms with E-state index in [9.17, 15) is 9.59 Å². The summed E-state index contributed by atoms with van der Waals surface area (Å²) in [5.74, 6) is -0.812. The van der Waals surface area contributed by atoms with Gasteiger partial charge < -0.3 is 10.4 Å². The Balaban J connectivity index is 1.52. The molecule has 0 radical (unpaired) electrons. The van der Waals surface area contributed by atoms with Crippen LogP contribution in [0.1, 0.15) is 15.9 Å². The first-order valence-electron chi connectivity index (χ1n) is 7.19. The molecule has 1 heterocycles. The van der Waals surface area contributed by atoms with Crippen LogP contribution in [0, 0.1) is 0 Å². The van der Waals surface area contributed by atoms with Gasteiger partial charge in [0.25, 0.3) is 0 Å². The zero-order valence-corrected chi connectivity index (χ0v) is 14.2. The second-order valence-electron chi connectivity index (χ2n) is 5.02. The van der Waals surface area contributed by atoms with Gasteiger partial charge in [0.2, 0.25) is 5.91 Å². The van der Waals surface area contributed by atoms with Crippen molar-refractivity contribution < 1.29 is 14.7 Å². The molecule has 0 atom stereocenters. The van der Waals surface area contributed by atoms with Crippen LogP contribution in [0.3, 0.4) is 0 Å². The number of carbonyl (C=O) groups is 2. The van der Waals surface area contributed by atoms with Crippen molar-refractivity contribution in [2.75, 3.05) is 5.75 Å². The number of carboxylic acid groups (broad SMARTS) is 1. The molecule has 1 aromatic heterocycles. The number of nitrogens with one attached hydrogen (secondary N) is 1. The predicted molar refractivity (Wildman–Crippen MR) is 95.6 cm³/mol. The number of rotatable bonds is 6. The molecule has 3 rings (SSSR count). The van der Waals surface area contributed by atoms with Crippen molar-refractivity contribution >= 4 is 45.2 Å². The van der Waals surface area contributed by atoms with Gasteiger partial charge in [0.05, 0.1) is 21.5 Å². The SMILES string of the molecule is O=C(CSc1nc2ccccc2s1)NCc1cccc(C(=O)O)c1. The summed E-state index contributed by atoms with van der Waals surface area (Å²) in [6.07, 6.45) is 0. The number of nitrogens with zero attached hydrogens (tertiary/aromatic N) is 1. The van der Waals surface area contributed by atoms with Gasteiger partial charge in [-0.05, 0) is 29.8 Å². The van der Waals surface area contributed by atoms with Gasteiger partial charge in [-0.3, -0.25) is 4.79 Å². The molecule has 0 saturated carbocycles. The van der Waals surface area contributed by atoms with E-state index in [1.165, 1.54) is 17.8 Å². The number of carbonyl (C=O) groups excluding carboxylic acids is 1. The fourth-order valence-corrected chi connectivity index (χ4v) is 4.00. The number of thiazole rings is 1. The van der Waals surface area contributed by atoms with Gasteiger partial charge in [-0.1, -0.05) is 36.0 Å². The lowest BCUT2D eigenvalue weighted by Crippen LogP contribution is -2.24. The summed E-state index contributed by atoms with van der Waals surface area (Å²) >= 11 is 2.96. The van der Waals surface area contributed by atoms with Gasteiger partial charge in [0, 0.05) is 6.54 Å². The molecule has 2 aromatic carbocycles. The summed E-state index contributed by atoms with van der Waals surface area (Å²) in [7, 11) is 0. The number of aromatic nitrogens is 1. The van der Waals surface area contributed by atoms with Crippen molar-refractivity contribution in [1.29, 1.82) is 0 Å². The summed E-state index contributed by atoms with van der Waals surface area (Å²) in [6.45, 7) is 0.306. The first-order valence-corrected chi connectivity index (χ1v) is 8.99. The van der Waals surface area contributed by atoms with Gasteiger partial charge >= 0.3 is 5.97 Å². The largest absolute Gasteiger partial charge is 0.478 e. The van der Waals surface area contributed by atoms with Crippen LogP contribution >= 0.6 is 23.1 Å². The molecular weight excluding hydrogens is 344 g/mol. The van der Waals surface area contributed by atoms with E-state index in [0.717, 1.165) is 20.1 Å². The Morgan fingerprint density at radius 3 is 2.79 bits per heavy atom. The van der Waals surface area contributed by atoms with E-state index >= 15 is 0 Å². The van der Waals surface area contributed by atoms with Crippen LogP contribution < -0.4 is 5.32 Å². The number of hydrogen-bond acceptors (Lipinski definition) is 5. The molecule has 0 aliphatic rings. The topological polar surface area (TPSA) is 79.3 Å². The second-order valence-corrected chi connectivity index (χ2v) is 7.27. The number of hydrogen-bond donors (Lipinski definition) is 2. The number of para-hydroxylation sites is 1. The quantitative estimate of drug-likeness (QED) is 0.660. The van der Waals surface area contributed by atoms with Crippen molar-refractivity contribution in [3.05, 3.63) is 59.7 Å². The standard InChI is InChI=1S/C17H14N2O3S2/c20-15(18-9-11-4-3-5-12(8-11)16(21)22)10-23-17-19-13-6-1-2-7-14(13)24-17/h1-8H,9-10H2,(H,18,20)(H,21,22). The van der Waals surface area contributed by atoms with E-state index in [1.54, 1.807) is 29.5 Å². The Kier molecular flexibility index (Phi) is 5.12. The Morgan fingerprint density at radius 2 is 2.00 bits per heavy atom. The molecular formula is C17H14N2O3S2. The third-order valence-electron chi connectivity index (χ3n) is 3.26. The minimum Gasteiger partial charge on any atom is -0.478 e. The van der Waals surface area contributed by atoms with Crippen LogP contribution in [0.2, 0.25) is 0 Å².